The Bertz CT molecular complexity index is 140. The maximum absolute atomic E-state index is 12.4. The van der Waals surface area contributed by atoms with Gasteiger partial charge in [0.1, 0.15) is 6.67 Å². The molecule has 1 amide bonds. The Hall–Kier alpha value is -0.670. The molecule has 0 aromatic carbocycles. The highest BCUT2D eigenvalue weighted by Gasteiger charge is 2.27. The van der Waals surface area contributed by atoms with Crippen LogP contribution in [0.1, 0.15) is 12.8 Å². The molecule has 0 saturated carbocycles. The molecule has 1 heterocycles. The fraction of sp³-hybridized carbons (Fsp3) is 0.833. The van der Waals surface area contributed by atoms with E-state index in [0.29, 0.717) is 19.4 Å². The van der Waals surface area contributed by atoms with E-state index in [9.17, 15) is 13.6 Å². The molecule has 1 atom stereocenters. The number of likely N-dealkylation sites (tertiary alicyclic amines) is 1. The lowest BCUT2D eigenvalue weighted by molar-refractivity contribution is -0.133. The lowest BCUT2D eigenvalue weighted by Crippen LogP contribution is -2.34. The minimum absolute atomic E-state index is 0.273. The van der Waals surface area contributed by atoms with Gasteiger partial charge in [-0.25, -0.2) is 8.78 Å². The van der Waals surface area contributed by atoms with Crippen LogP contribution in [0.25, 0.3) is 0 Å². The van der Waals surface area contributed by atoms with Crippen LogP contribution in [0.3, 0.4) is 0 Å². The van der Waals surface area contributed by atoms with Gasteiger partial charge in [-0.05, 0) is 6.42 Å². The molecule has 0 spiro atoms. The van der Waals surface area contributed by atoms with Crippen molar-refractivity contribution in [2.75, 3.05) is 13.2 Å². The van der Waals surface area contributed by atoms with E-state index < -0.39 is 13.0 Å². The summed E-state index contributed by atoms with van der Waals surface area (Å²) in [5.41, 5.74) is 0. The number of halogens is 2. The summed E-state index contributed by atoms with van der Waals surface area (Å²) < 4.78 is 24.1. The van der Waals surface area contributed by atoms with E-state index in [1.54, 1.807) is 0 Å². The van der Waals surface area contributed by atoms with Gasteiger partial charge >= 0.3 is 0 Å². The molecule has 0 aliphatic carbocycles. The first-order valence-electron chi connectivity index (χ1n) is 3.25. The van der Waals surface area contributed by atoms with Crippen LogP contribution in [-0.2, 0) is 4.79 Å². The average molecular weight is 149 g/mol. The summed E-state index contributed by atoms with van der Waals surface area (Å²) in [5, 5.41) is 0. The molecule has 1 saturated heterocycles. The first-order chi connectivity index (χ1) is 4.75. The molecule has 0 aromatic heterocycles. The number of hydrogen-bond acceptors (Lipinski definition) is 1. The summed E-state index contributed by atoms with van der Waals surface area (Å²) in [6, 6.07) is 0. The lowest BCUT2D eigenvalue weighted by atomic mass is 10.4. The van der Waals surface area contributed by atoms with Gasteiger partial charge in [0.05, 0.1) is 0 Å². The third-order valence-corrected chi connectivity index (χ3v) is 1.58. The normalized spacial score (nSPS) is 21.8. The van der Waals surface area contributed by atoms with Crippen molar-refractivity contribution >= 4 is 5.91 Å². The predicted molar refractivity (Wildman–Crippen MR) is 31.8 cm³/mol. The Kier molecular flexibility index (Phi) is 2.19. The van der Waals surface area contributed by atoms with Crippen LogP contribution in [0.2, 0.25) is 0 Å². The van der Waals surface area contributed by atoms with E-state index in [2.05, 4.69) is 0 Å². The van der Waals surface area contributed by atoms with Crippen LogP contribution in [0.15, 0.2) is 0 Å². The topological polar surface area (TPSA) is 20.3 Å². The summed E-state index contributed by atoms with van der Waals surface area (Å²) in [6.45, 7) is -0.727. The molecule has 1 aliphatic rings. The van der Waals surface area contributed by atoms with Crippen LogP contribution in [0, 0.1) is 0 Å². The van der Waals surface area contributed by atoms with Crippen molar-refractivity contribution in [2.24, 2.45) is 0 Å². The van der Waals surface area contributed by atoms with Gasteiger partial charge in [-0.2, -0.15) is 0 Å². The molecule has 0 N–H and O–H groups in total. The van der Waals surface area contributed by atoms with Crippen LogP contribution >= 0.6 is 0 Å². The van der Waals surface area contributed by atoms with Crippen LogP contribution in [0.4, 0.5) is 8.78 Å². The van der Waals surface area contributed by atoms with Gasteiger partial charge in [-0.15, -0.1) is 0 Å². The van der Waals surface area contributed by atoms with E-state index in [1.807, 2.05) is 0 Å². The molecule has 4 heteroatoms. The molecule has 1 fully saturated rings. The number of alkyl halides is 2. The largest absolute Gasteiger partial charge is 0.310 e. The summed E-state index contributed by atoms with van der Waals surface area (Å²) >= 11 is 0. The van der Waals surface area contributed by atoms with Gasteiger partial charge in [0.15, 0.2) is 0 Å². The van der Waals surface area contributed by atoms with Gasteiger partial charge in [0, 0.05) is 13.0 Å². The van der Waals surface area contributed by atoms with Crippen molar-refractivity contribution in [2.45, 2.75) is 19.1 Å². The molecule has 1 rings (SSSR count). The Balaban J connectivity index is 2.46. The number of nitrogens with zero attached hydrogens (tertiary/aromatic N) is 1. The molecular weight excluding hydrogens is 140 g/mol. The highest BCUT2D eigenvalue weighted by molar-refractivity contribution is 5.78. The quantitative estimate of drug-likeness (QED) is 0.533. The third kappa shape index (κ3) is 1.25. The molecule has 1 unspecified atom stereocenters. The predicted octanol–water partition coefficient (Wildman–Crippen LogP) is 0.874. The second kappa shape index (κ2) is 2.94. The highest BCUT2D eigenvalue weighted by atomic mass is 19.2. The van der Waals surface area contributed by atoms with E-state index >= 15 is 0 Å². The van der Waals surface area contributed by atoms with Crippen molar-refractivity contribution < 1.29 is 13.6 Å². The zero-order chi connectivity index (χ0) is 7.56. The number of hydrogen-bond donors (Lipinski definition) is 0. The molecule has 0 radical (unpaired) electrons. The number of carbonyl (C=O) groups excluding carboxylic acids is 1. The van der Waals surface area contributed by atoms with Crippen molar-refractivity contribution in [1.82, 2.24) is 4.90 Å². The second-order valence-electron chi connectivity index (χ2n) is 2.28. The molecule has 58 valence electrons. The minimum atomic E-state index is -1.71. The Morgan fingerprint density at radius 3 is 2.80 bits per heavy atom. The fourth-order valence-electron chi connectivity index (χ4n) is 1.05. The van der Waals surface area contributed by atoms with Crippen molar-refractivity contribution in [3.05, 3.63) is 0 Å². The SMILES string of the molecule is O=C1CCCN1C(F)CF. The zero-order valence-corrected chi connectivity index (χ0v) is 5.52. The Labute approximate surface area is 57.8 Å². The summed E-state index contributed by atoms with van der Waals surface area (Å²) in [7, 11) is 0. The lowest BCUT2D eigenvalue weighted by Gasteiger charge is -2.17. The van der Waals surface area contributed by atoms with Crippen LogP contribution in [0.5, 0.6) is 0 Å². The van der Waals surface area contributed by atoms with Gasteiger partial charge in [-0.3, -0.25) is 4.79 Å². The van der Waals surface area contributed by atoms with Crippen LogP contribution < -0.4 is 0 Å². The van der Waals surface area contributed by atoms with E-state index in [4.69, 9.17) is 0 Å². The maximum atomic E-state index is 12.4. The van der Waals surface area contributed by atoms with Crippen molar-refractivity contribution in [3.63, 3.8) is 0 Å². The molecule has 0 bridgehead atoms. The Morgan fingerprint density at radius 2 is 2.40 bits per heavy atom. The highest BCUT2D eigenvalue weighted by Crippen LogP contribution is 2.14. The van der Waals surface area contributed by atoms with Gasteiger partial charge in [0.25, 0.3) is 0 Å². The minimum Gasteiger partial charge on any atom is -0.310 e. The summed E-state index contributed by atoms with van der Waals surface area (Å²) in [4.78, 5) is 11.6. The maximum Gasteiger partial charge on any atom is 0.224 e. The average Bonchev–Trinajstić information content (AvgIpc) is 2.34. The molecular formula is C6H9F2NO. The van der Waals surface area contributed by atoms with Gasteiger partial charge < -0.3 is 4.90 Å². The fourth-order valence-corrected chi connectivity index (χ4v) is 1.05. The third-order valence-electron chi connectivity index (χ3n) is 1.58. The van der Waals surface area contributed by atoms with Crippen molar-refractivity contribution in [3.8, 4) is 0 Å². The van der Waals surface area contributed by atoms with Gasteiger partial charge in [0.2, 0.25) is 12.2 Å². The standard InChI is InChI=1S/C6H9F2NO/c7-4-5(8)9-3-1-2-6(9)10/h5H,1-4H2. The van der Waals surface area contributed by atoms with E-state index in [-0.39, 0.29) is 5.91 Å². The smallest absolute Gasteiger partial charge is 0.224 e. The second-order valence-corrected chi connectivity index (χ2v) is 2.28. The first-order valence-corrected chi connectivity index (χ1v) is 3.25. The first kappa shape index (κ1) is 7.44. The molecule has 1 aliphatic heterocycles. The number of amides is 1. The zero-order valence-electron chi connectivity index (χ0n) is 5.52. The van der Waals surface area contributed by atoms with Gasteiger partial charge in [-0.1, -0.05) is 0 Å². The molecule has 10 heavy (non-hydrogen) atoms. The Morgan fingerprint density at radius 1 is 1.70 bits per heavy atom. The monoisotopic (exact) mass is 149 g/mol. The van der Waals surface area contributed by atoms with E-state index in [1.165, 1.54) is 0 Å². The summed E-state index contributed by atoms with van der Waals surface area (Å²) in [5.74, 6) is -0.273. The number of rotatable bonds is 2. The molecule has 0 aromatic rings. The molecule has 2 nitrogen and oxygen atoms in total. The summed E-state index contributed by atoms with van der Waals surface area (Å²) in [6.07, 6.45) is -0.699. The van der Waals surface area contributed by atoms with E-state index in [0.717, 1.165) is 4.90 Å². The van der Waals surface area contributed by atoms with Crippen molar-refractivity contribution in [1.29, 1.82) is 0 Å². The van der Waals surface area contributed by atoms with Crippen LogP contribution in [-0.4, -0.2) is 30.3 Å². The number of carbonyl (C=O) groups is 1.